The molecule has 1 aliphatic heterocycles. The van der Waals surface area contributed by atoms with Crippen LogP contribution in [-0.4, -0.2) is 36.5 Å². The van der Waals surface area contributed by atoms with Gasteiger partial charge in [-0.3, -0.25) is 4.79 Å². The van der Waals surface area contributed by atoms with Gasteiger partial charge in [-0.15, -0.1) is 0 Å². The Morgan fingerprint density at radius 3 is 2.88 bits per heavy atom. The average Bonchev–Trinajstić information content (AvgIpc) is 2.90. The number of amides is 1. The molecule has 3 nitrogen and oxygen atoms in total. The minimum Gasteiger partial charge on any atom is -0.337 e. The van der Waals surface area contributed by atoms with Crippen LogP contribution in [0.15, 0.2) is 12.2 Å². The third-order valence-electron chi connectivity index (χ3n) is 4.38. The van der Waals surface area contributed by atoms with Gasteiger partial charge in [0.2, 0.25) is 5.91 Å². The molecule has 2 bridgehead atoms. The van der Waals surface area contributed by atoms with Crippen LogP contribution in [0.25, 0.3) is 0 Å². The summed E-state index contributed by atoms with van der Waals surface area (Å²) in [6.45, 7) is 4.93. The summed E-state index contributed by atoms with van der Waals surface area (Å²) >= 11 is 0. The Labute approximate surface area is 96.9 Å². The fourth-order valence-corrected chi connectivity index (χ4v) is 3.45. The van der Waals surface area contributed by atoms with Gasteiger partial charge in [0.15, 0.2) is 0 Å². The number of nitrogens with one attached hydrogen (secondary N) is 1. The highest BCUT2D eigenvalue weighted by Crippen LogP contribution is 2.44. The van der Waals surface area contributed by atoms with E-state index in [1.54, 1.807) is 0 Å². The van der Waals surface area contributed by atoms with Gasteiger partial charge in [-0.2, -0.15) is 0 Å². The minimum absolute atomic E-state index is 0.288. The van der Waals surface area contributed by atoms with E-state index in [-0.39, 0.29) is 5.92 Å². The number of carbonyl (C=O) groups excluding carboxylic acids is 1. The van der Waals surface area contributed by atoms with Crippen LogP contribution < -0.4 is 5.32 Å². The highest BCUT2D eigenvalue weighted by atomic mass is 16.2. The standard InChI is InChI=1S/C13H20N2O/c1-9-8-14-4-5-15(9)13(16)12-7-10-2-3-11(12)6-10/h2-3,9-12,14H,4-8H2,1H3/t9-,10?,11?,12?/m0/s1. The first-order valence-corrected chi connectivity index (χ1v) is 6.45. The molecule has 0 radical (unpaired) electrons. The Balaban J connectivity index is 1.70. The molecule has 0 aromatic rings. The molecule has 1 heterocycles. The maximum absolute atomic E-state index is 12.5. The Bertz CT molecular complexity index is 326. The molecule has 4 atom stereocenters. The monoisotopic (exact) mass is 220 g/mol. The summed E-state index contributed by atoms with van der Waals surface area (Å²) in [5, 5.41) is 3.34. The fraction of sp³-hybridized carbons (Fsp3) is 0.769. The van der Waals surface area contributed by atoms with Crippen LogP contribution in [0.5, 0.6) is 0 Å². The molecule has 0 aromatic carbocycles. The summed E-state index contributed by atoms with van der Waals surface area (Å²) in [6.07, 6.45) is 6.88. The van der Waals surface area contributed by atoms with Crippen molar-refractivity contribution in [1.29, 1.82) is 0 Å². The quantitative estimate of drug-likeness (QED) is 0.669. The second-order valence-electron chi connectivity index (χ2n) is 5.47. The van der Waals surface area contributed by atoms with Gasteiger partial charge in [-0.25, -0.2) is 0 Å². The summed E-state index contributed by atoms with van der Waals surface area (Å²) in [5.74, 6) is 1.93. The molecule has 1 N–H and O–H groups in total. The van der Waals surface area contributed by atoms with E-state index >= 15 is 0 Å². The molecule has 3 heteroatoms. The number of rotatable bonds is 1. The zero-order chi connectivity index (χ0) is 11.1. The summed E-state index contributed by atoms with van der Waals surface area (Å²) in [4.78, 5) is 14.6. The van der Waals surface area contributed by atoms with Crippen molar-refractivity contribution in [2.45, 2.75) is 25.8 Å². The lowest BCUT2D eigenvalue weighted by molar-refractivity contribution is -0.139. The molecule has 3 aliphatic rings. The maximum Gasteiger partial charge on any atom is 0.226 e. The van der Waals surface area contributed by atoms with Crippen LogP contribution in [0.1, 0.15) is 19.8 Å². The molecular formula is C13H20N2O. The molecule has 1 saturated carbocycles. The van der Waals surface area contributed by atoms with Crippen molar-refractivity contribution in [1.82, 2.24) is 10.2 Å². The SMILES string of the molecule is C[C@H]1CNCCN1C(=O)C1CC2C=CC1C2. The molecule has 0 aromatic heterocycles. The minimum atomic E-state index is 0.288. The van der Waals surface area contributed by atoms with Crippen LogP contribution in [0.4, 0.5) is 0 Å². The predicted octanol–water partition coefficient (Wildman–Crippen LogP) is 1.02. The summed E-state index contributed by atoms with van der Waals surface area (Å²) < 4.78 is 0. The number of nitrogens with zero attached hydrogens (tertiary/aromatic N) is 1. The number of allylic oxidation sites excluding steroid dienone is 2. The third kappa shape index (κ3) is 1.58. The van der Waals surface area contributed by atoms with E-state index < -0.39 is 0 Å². The molecule has 0 spiro atoms. The predicted molar refractivity (Wildman–Crippen MR) is 62.9 cm³/mol. The molecule has 1 amide bonds. The van der Waals surface area contributed by atoms with Crippen LogP contribution in [-0.2, 0) is 4.79 Å². The molecule has 3 rings (SSSR count). The molecule has 16 heavy (non-hydrogen) atoms. The lowest BCUT2D eigenvalue weighted by atomic mass is 9.91. The first-order chi connectivity index (χ1) is 7.75. The fourth-order valence-electron chi connectivity index (χ4n) is 3.45. The summed E-state index contributed by atoms with van der Waals surface area (Å²) in [6, 6.07) is 0.365. The van der Waals surface area contributed by atoms with Gasteiger partial charge in [0.05, 0.1) is 0 Å². The normalized spacial score (nSPS) is 41.7. The van der Waals surface area contributed by atoms with Gasteiger partial charge in [0.1, 0.15) is 0 Å². The Morgan fingerprint density at radius 1 is 1.38 bits per heavy atom. The highest BCUT2D eigenvalue weighted by Gasteiger charge is 2.42. The smallest absolute Gasteiger partial charge is 0.226 e. The van der Waals surface area contributed by atoms with Gasteiger partial charge in [-0.05, 0) is 31.6 Å². The van der Waals surface area contributed by atoms with E-state index in [1.165, 1.54) is 6.42 Å². The maximum atomic E-state index is 12.5. The van der Waals surface area contributed by atoms with Gasteiger partial charge in [0.25, 0.3) is 0 Å². The van der Waals surface area contributed by atoms with Crippen LogP contribution in [0, 0.1) is 17.8 Å². The van der Waals surface area contributed by atoms with Crippen molar-refractivity contribution >= 4 is 5.91 Å². The van der Waals surface area contributed by atoms with Gasteiger partial charge in [-0.1, -0.05) is 12.2 Å². The molecule has 88 valence electrons. The van der Waals surface area contributed by atoms with Crippen LogP contribution >= 0.6 is 0 Å². The van der Waals surface area contributed by atoms with E-state index in [1.807, 2.05) is 0 Å². The van der Waals surface area contributed by atoms with Crippen molar-refractivity contribution in [3.8, 4) is 0 Å². The van der Waals surface area contributed by atoms with Crippen LogP contribution in [0.3, 0.4) is 0 Å². The van der Waals surface area contributed by atoms with Gasteiger partial charge in [0, 0.05) is 31.6 Å². The van der Waals surface area contributed by atoms with Crippen molar-refractivity contribution in [2.24, 2.45) is 17.8 Å². The molecular weight excluding hydrogens is 200 g/mol. The first-order valence-electron chi connectivity index (χ1n) is 6.45. The summed E-state index contributed by atoms with van der Waals surface area (Å²) in [5.41, 5.74) is 0. The zero-order valence-electron chi connectivity index (χ0n) is 9.86. The van der Waals surface area contributed by atoms with E-state index in [2.05, 4.69) is 29.3 Å². The van der Waals surface area contributed by atoms with Crippen LogP contribution in [0.2, 0.25) is 0 Å². The number of hydrogen-bond donors (Lipinski definition) is 1. The zero-order valence-corrected chi connectivity index (χ0v) is 9.86. The number of hydrogen-bond acceptors (Lipinski definition) is 2. The topological polar surface area (TPSA) is 32.3 Å². The highest BCUT2D eigenvalue weighted by molar-refractivity contribution is 5.80. The average molecular weight is 220 g/mol. The van der Waals surface area contributed by atoms with E-state index in [9.17, 15) is 4.79 Å². The first kappa shape index (κ1) is 10.3. The van der Waals surface area contributed by atoms with Crippen molar-refractivity contribution in [3.63, 3.8) is 0 Å². The molecule has 3 unspecified atom stereocenters. The van der Waals surface area contributed by atoms with Crippen molar-refractivity contribution < 1.29 is 4.79 Å². The van der Waals surface area contributed by atoms with Crippen molar-refractivity contribution in [2.75, 3.05) is 19.6 Å². The Morgan fingerprint density at radius 2 is 2.25 bits per heavy atom. The molecule has 1 saturated heterocycles. The van der Waals surface area contributed by atoms with E-state index in [0.717, 1.165) is 26.1 Å². The van der Waals surface area contributed by atoms with Gasteiger partial charge < -0.3 is 10.2 Å². The van der Waals surface area contributed by atoms with E-state index in [0.29, 0.717) is 23.8 Å². The largest absolute Gasteiger partial charge is 0.337 e. The Hall–Kier alpha value is -0.830. The summed E-state index contributed by atoms with van der Waals surface area (Å²) in [7, 11) is 0. The lowest BCUT2D eigenvalue weighted by Crippen LogP contribution is -2.54. The molecule has 2 fully saturated rings. The number of carbonyl (C=O) groups is 1. The molecule has 2 aliphatic carbocycles. The lowest BCUT2D eigenvalue weighted by Gasteiger charge is -2.36. The van der Waals surface area contributed by atoms with E-state index in [4.69, 9.17) is 0 Å². The second-order valence-corrected chi connectivity index (χ2v) is 5.47. The van der Waals surface area contributed by atoms with Gasteiger partial charge >= 0.3 is 0 Å². The Kier molecular flexibility index (Phi) is 2.51. The third-order valence-corrected chi connectivity index (χ3v) is 4.38. The number of piperazine rings is 1. The number of fused-ring (bicyclic) bond motifs is 2. The van der Waals surface area contributed by atoms with Crippen molar-refractivity contribution in [3.05, 3.63) is 12.2 Å². The second kappa shape index (κ2) is 3.88.